The highest BCUT2D eigenvalue weighted by molar-refractivity contribution is 5.14. The fourth-order valence-electron chi connectivity index (χ4n) is 1.73. The monoisotopic (exact) mass is 222 g/mol. The lowest BCUT2D eigenvalue weighted by molar-refractivity contribution is 0.123. The number of nitrogens with one attached hydrogen (secondary N) is 1. The molecule has 0 saturated heterocycles. The molecule has 16 heavy (non-hydrogen) atoms. The number of ether oxygens (including phenoxy) is 1. The summed E-state index contributed by atoms with van der Waals surface area (Å²) >= 11 is 0. The molecular weight excluding hydrogens is 200 g/mol. The summed E-state index contributed by atoms with van der Waals surface area (Å²) in [5.41, 5.74) is 1.29. The Hall–Kier alpha value is -0.930. The summed E-state index contributed by atoms with van der Waals surface area (Å²) in [5, 5.41) is 3.56. The number of nitrogens with zero attached hydrogens (tertiary/aromatic N) is 1. The summed E-state index contributed by atoms with van der Waals surface area (Å²) in [5.74, 6) is 0. The number of hydrogen-bond donors (Lipinski definition) is 1. The van der Waals surface area contributed by atoms with Gasteiger partial charge in [0.1, 0.15) is 0 Å². The second-order valence-electron chi connectivity index (χ2n) is 3.97. The van der Waals surface area contributed by atoms with Crippen molar-refractivity contribution in [3.05, 3.63) is 30.1 Å². The minimum absolute atomic E-state index is 0.373. The van der Waals surface area contributed by atoms with E-state index < -0.39 is 0 Å². The molecule has 0 spiro atoms. The van der Waals surface area contributed by atoms with Gasteiger partial charge in [0.15, 0.2) is 0 Å². The van der Waals surface area contributed by atoms with Gasteiger partial charge in [-0.1, -0.05) is 6.92 Å². The molecule has 2 atom stereocenters. The molecule has 3 nitrogen and oxygen atoms in total. The van der Waals surface area contributed by atoms with Crippen LogP contribution < -0.4 is 5.32 Å². The summed E-state index contributed by atoms with van der Waals surface area (Å²) < 4.78 is 5.40. The predicted molar refractivity (Wildman–Crippen MR) is 66.4 cm³/mol. The van der Waals surface area contributed by atoms with Crippen LogP contribution in [0.5, 0.6) is 0 Å². The zero-order chi connectivity index (χ0) is 11.8. The molecule has 0 aliphatic rings. The van der Waals surface area contributed by atoms with Gasteiger partial charge in [0.2, 0.25) is 0 Å². The average Bonchev–Trinajstić information content (AvgIpc) is 2.34. The summed E-state index contributed by atoms with van der Waals surface area (Å²) in [4.78, 5) is 4.04. The van der Waals surface area contributed by atoms with Crippen molar-refractivity contribution in [1.29, 1.82) is 0 Å². The number of aromatic nitrogens is 1. The molecule has 1 aromatic rings. The molecule has 0 aliphatic carbocycles. The third kappa shape index (κ3) is 4.29. The van der Waals surface area contributed by atoms with Crippen LogP contribution in [0, 0.1) is 0 Å². The third-order valence-electron chi connectivity index (χ3n) is 2.57. The lowest BCUT2D eigenvalue weighted by Crippen LogP contribution is -2.33. The van der Waals surface area contributed by atoms with E-state index in [-0.39, 0.29) is 0 Å². The lowest BCUT2D eigenvalue weighted by Gasteiger charge is -2.22. The SMILES string of the molecule is CCOCC(C)NC(CC)c1ccncc1. The van der Waals surface area contributed by atoms with Gasteiger partial charge >= 0.3 is 0 Å². The normalized spacial score (nSPS) is 14.7. The Bertz CT molecular complexity index is 277. The molecule has 1 N–H and O–H groups in total. The van der Waals surface area contributed by atoms with Gasteiger partial charge in [0, 0.05) is 31.1 Å². The number of hydrogen-bond acceptors (Lipinski definition) is 3. The number of rotatable bonds is 7. The van der Waals surface area contributed by atoms with Gasteiger partial charge in [0.25, 0.3) is 0 Å². The maximum Gasteiger partial charge on any atom is 0.0616 e. The lowest BCUT2D eigenvalue weighted by atomic mass is 10.1. The predicted octanol–water partition coefficient (Wildman–Crippen LogP) is 2.55. The Kier molecular flexibility index (Phi) is 6.04. The van der Waals surface area contributed by atoms with Crippen LogP contribution in [-0.4, -0.2) is 24.2 Å². The topological polar surface area (TPSA) is 34.1 Å². The van der Waals surface area contributed by atoms with Crippen molar-refractivity contribution < 1.29 is 4.74 Å². The Morgan fingerprint density at radius 3 is 2.56 bits per heavy atom. The fraction of sp³-hybridized carbons (Fsp3) is 0.615. The van der Waals surface area contributed by atoms with E-state index in [1.165, 1.54) is 5.56 Å². The first-order valence-corrected chi connectivity index (χ1v) is 6.01. The minimum atomic E-state index is 0.373. The van der Waals surface area contributed by atoms with Gasteiger partial charge in [-0.05, 0) is 38.0 Å². The largest absolute Gasteiger partial charge is 0.380 e. The summed E-state index contributed by atoms with van der Waals surface area (Å²) in [7, 11) is 0. The van der Waals surface area contributed by atoms with Crippen molar-refractivity contribution in [2.24, 2.45) is 0 Å². The zero-order valence-corrected chi connectivity index (χ0v) is 10.4. The first kappa shape index (κ1) is 13.1. The highest BCUT2D eigenvalue weighted by atomic mass is 16.5. The second kappa shape index (κ2) is 7.36. The maximum absolute atomic E-state index is 5.40. The van der Waals surface area contributed by atoms with Gasteiger partial charge in [0.05, 0.1) is 6.61 Å². The average molecular weight is 222 g/mol. The summed E-state index contributed by atoms with van der Waals surface area (Å²) in [6.45, 7) is 7.90. The Morgan fingerprint density at radius 2 is 2.00 bits per heavy atom. The molecule has 0 radical (unpaired) electrons. The van der Waals surface area contributed by atoms with E-state index in [1.54, 1.807) is 0 Å². The molecule has 1 aromatic heterocycles. The van der Waals surface area contributed by atoms with Crippen LogP contribution in [0.3, 0.4) is 0 Å². The van der Waals surface area contributed by atoms with Crippen molar-refractivity contribution >= 4 is 0 Å². The molecule has 0 saturated carbocycles. The van der Waals surface area contributed by atoms with Gasteiger partial charge in [-0.15, -0.1) is 0 Å². The molecule has 0 amide bonds. The van der Waals surface area contributed by atoms with E-state index in [9.17, 15) is 0 Å². The van der Waals surface area contributed by atoms with E-state index in [1.807, 2.05) is 19.3 Å². The van der Waals surface area contributed by atoms with Crippen molar-refractivity contribution in [3.8, 4) is 0 Å². The molecule has 2 unspecified atom stereocenters. The molecule has 0 aromatic carbocycles. The van der Waals surface area contributed by atoms with Crippen molar-refractivity contribution in [1.82, 2.24) is 10.3 Å². The fourth-order valence-corrected chi connectivity index (χ4v) is 1.73. The van der Waals surface area contributed by atoms with E-state index in [4.69, 9.17) is 4.74 Å². The first-order valence-electron chi connectivity index (χ1n) is 6.01. The van der Waals surface area contributed by atoms with Gasteiger partial charge in [-0.3, -0.25) is 4.98 Å². The van der Waals surface area contributed by atoms with Gasteiger partial charge < -0.3 is 10.1 Å². The van der Waals surface area contributed by atoms with Crippen LogP contribution in [-0.2, 0) is 4.74 Å². The molecule has 1 rings (SSSR count). The van der Waals surface area contributed by atoms with Gasteiger partial charge in [-0.2, -0.15) is 0 Å². The van der Waals surface area contributed by atoms with E-state index in [0.717, 1.165) is 19.6 Å². The molecular formula is C13H22N2O. The second-order valence-corrected chi connectivity index (χ2v) is 3.97. The van der Waals surface area contributed by atoms with Crippen LogP contribution in [0.4, 0.5) is 0 Å². The number of pyridine rings is 1. The third-order valence-corrected chi connectivity index (χ3v) is 2.57. The van der Waals surface area contributed by atoms with E-state index in [2.05, 4.69) is 36.3 Å². The van der Waals surface area contributed by atoms with Crippen LogP contribution >= 0.6 is 0 Å². The molecule has 0 aliphatic heterocycles. The van der Waals surface area contributed by atoms with Crippen LogP contribution in [0.15, 0.2) is 24.5 Å². The minimum Gasteiger partial charge on any atom is -0.380 e. The van der Waals surface area contributed by atoms with E-state index >= 15 is 0 Å². The highest BCUT2D eigenvalue weighted by Gasteiger charge is 2.11. The van der Waals surface area contributed by atoms with Crippen molar-refractivity contribution in [2.75, 3.05) is 13.2 Å². The Morgan fingerprint density at radius 1 is 1.31 bits per heavy atom. The summed E-state index contributed by atoms with van der Waals surface area (Å²) in [6, 6.07) is 4.89. The molecule has 1 heterocycles. The maximum atomic E-state index is 5.40. The Labute approximate surface area is 98.2 Å². The Balaban J connectivity index is 2.49. The smallest absolute Gasteiger partial charge is 0.0616 e. The van der Waals surface area contributed by atoms with Crippen LogP contribution in [0.2, 0.25) is 0 Å². The zero-order valence-electron chi connectivity index (χ0n) is 10.4. The van der Waals surface area contributed by atoms with Crippen molar-refractivity contribution in [3.63, 3.8) is 0 Å². The molecule has 3 heteroatoms. The summed E-state index contributed by atoms with van der Waals surface area (Å²) in [6.07, 6.45) is 4.75. The van der Waals surface area contributed by atoms with Crippen LogP contribution in [0.1, 0.15) is 38.8 Å². The van der Waals surface area contributed by atoms with Crippen LogP contribution in [0.25, 0.3) is 0 Å². The molecule has 0 fully saturated rings. The van der Waals surface area contributed by atoms with E-state index in [0.29, 0.717) is 12.1 Å². The molecule has 90 valence electrons. The standard InChI is InChI=1S/C13H22N2O/c1-4-13(12-6-8-14-9-7-12)15-11(3)10-16-5-2/h6-9,11,13,15H,4-5,10H2,1-3H3. The van der Waals surface area contributed by atoms with Gasteiger partial charge in [-0.25, -0.2) is 0 Å². The molecule has 0 bridgehead atoms. The quantitative estimate of drug-likeness (QED) is 0.770. The highest BCUT2D eigenvalue weighted by Crippen LogP contribution is 2.15. The first-order chi connectivity index (χ1) is 7.77. The van der Waals surface area contributed by atoms with Crippen molar-refractivity contribution in [2.45, 2.75) is 39.3 Å².